The Hall–Kier alpha value is -2.63. The molecule has 0 fully saturated rings. The summed E-state index contributed by atoms with van der Waals surface area (Å²) < 4.78 is 5.52. The second-order valence-corrected chi connectivity index (χ2v) is 4.54. The van der Waals surface area contributed by atoms with Gasteiger partial charge in [-0.2, -0.15) is 5.10 Å². The molecule has 6 nitrogen and oxygen atoms in total. The van der Waals surface area contributed by atoms with Crippen LogP contribution in [-0.4, -0.2) is 22.7 Å². The standard InChI is InChI=1S/C14H13N3O3/c18-13-6-4-11(16-17-13)14(19)15-10-3-5-12-9(8-10)2-1-7-20-12/h3-6,8H,1-2,7H2,(H,15,19)(H,17,18). The number of H-pyrrole nitrogens is 1. The van der Waals surface area contributed by atoms with Crippen molar-refractivity contribution in [3.05, 3.63) is 51.9 Å². The number of fused-ring (bicyclic) bond motifs is 1. The maximum Gasteiger partial charge on any atom is 0.276 e. The second kappa shape index (κ2) is 5.16. The summed E-state index contributed by atoms with van der Waals surface area (Å²) >= 11 is 0. The second-order valence-electron chi connectivity index (χ2n) is 4.54. The molecule has 1 amide bonds. The van der Waals surface area contributed by atoms with Crippen molar-refractivity contribution in [1.82, 2.24) is 10.2 Å². The summed E-state index contributed by atoms with van der Waals surface area (Å²) in [5.74, 6) is 0.509. The van der Waals surface area contributed by atoms with E-state index in [0.717, 1.165) is 30.8 Å². The van der Waals surface area contributed by atoms with Crippen molar-refractivity contribution in [2.45, 2.75) is 12.8 Å². The molecule has 0 bridgehead atoms. The van der Waals surface area contributed by atoms with E-state index >= 15 is 0 Å². The lowest BCUT2D eigenvalue weighted by Gasteiger charge is -2.17. The van der Waals surface area contributed by atoms with E-state index in [-0.39, 0.29) is 17.2 Å². The van der Waals surface area contributed by atoms with Crippen LogP contribution in [0, 0.1) is 0 Å². The number of amides is 1. The Morgan fingerprint density at radius 3 is 3.00 bits per heavy atom. The molecule has 3 rings (SSSR count). The first kappa shape index (κ1) is 12.4. The topological polar surface area (TPSA) is 84.1 Å². The molecule has 6 heteroatoms. The number of ether oxygens (including phenoxy) is 1. The molecule has 0 aliphatic carbocycles. The van der Waals surface area contributed by atoms with E-state index in [2.05, 4.69) is 15.5 Å². The zero-order chi connectivity index (χ0) is 13.9. The van der Waals surface area contributed by atoms with E-state index in [1.165, 1.54) is 12.1 Å². The zero-order valence-electron chi connectivity index (χ0n) is 10.7. The van der Waals surface area contributed by atoms with Crippen LogP contribution in [0.5, 0.6) is 5.75 Å². The zero-order valence-corrected chi connectivity index (χ0v) is 10.7. The first-order valence-electron chi connectivity index (χ1n) is 6.35. The molecule has 0 spiro atoms. The minimum Gasteiger partial charge on any atom is -0.493 e. The quantitative estimate of drug-likeness (QED) is 0.863. The summed E-state index contributed by atoms with van der Waals surface area (Å²) in [6.45, 7) is 0.736. The van der Waals surface area contributed by atoms with Crippen LogP contribution in [0.3, 0.4) is 0 Å². The van der Waals surface area contributed by atoms with Gasteiger partial charge in [-0.3, -0.25) is 9.59 Å². The number of benzene rings is 1. The van der Waals surface area contributed by atoms with Crippen LogP contribution in [0.1, 0.15) is 22.5 Å². The number of anilines is 1. The van der Waals surface area contributed by atoms with E-state index in [9.17, 15) is 9.59 Å². The molecule has 0 radical (unpaired) electrons. The van der Waals surface area contributed by atoms with Gasteiger partial charge in [0.1, 0.15) is 11.4 Å². The Kier molecular flexibility index (Phi) is 3.20. The third kappa shape index (κ3) is 2.54. The number of aromatic amines is 1. The van der Waals surface area contributed by atoms with Crippen molar-refractivity contribution >= 4 is 11.6 Å². The minimum absolute atomic E-state index is 0.165. The largest absolute Gasteiger partial charge is 0.493 e. The van der Waals surface area contributed by atoms with Crippen LogP contribution in [0.25, 0.3) is 0 Å². The number of carbonyl (C=O) groups excluding carboxylic acids is 1. The smallest absolute Gasteiger partial charge is 0.276 e. The summed E-state index contributed by atoms with van der Waals surface area (Å²) in [5.41, 5.74) is 1.60. The normalized spacial score (nSPS) is 13.2. The van der Waals surface area contributed by atoms with Crippen molar-refractivity contribution in [2.75, 3.05) is 11.9 Å². The van der Waals surface area contributed by atoms with Gasteiger partial charge >= 0.3 is 0 Å². The van der Waals surface area contributed by atoms with Crippen molar-refractivity contribution in [3.63, 3.8) is 0 Å². The Morgan fingerprint density at radius 2 is 2.20 bits per heavy atom. The number of aromatic nitrogens is 2. The molecule has 20 heavy (non-hydrogen) atoms. The molecular formula is C14H13N3O3. The highest BCUT2D eigenvalue weighted by Crippen LogP contribution is 2.27. The van der Waals surface area contributed by atoms with Gasteiger partial charge < -0.3 is 10.1 Å². The summed E-state index contributed by atoms with van der Waals surface area (Å²) in [4.78, 5) is 22.9. The number of aryl methyl sites for hydroxylation is 1. The number of carbonyl (C=O) groups is 1. The monoisotopic (exact) mass is 271 g/mol. The Balaban J connectivity index is 1.79. The molecule has 1 aromatic heterocycles. The van der Waals surface area contributed by atoms with E-state index in [1.54, 1.807) is 6.07 Å². The number of rotatable bonds is 2. The Bertz CT molecular complexity index is 689. The van der Waals surface area contributed by atoms with Crippen molar-refractivity contribution < 1.29 is 9.53 Å². The predicted molar refractivity (Wildman–Crippen MR) is 73.1 cm³/mol. The van der Waals surface area contributed by atoms with Crippen LogP contribution in [0.2, 0.25) is 0 Å². The highest BCUT2D eigenvalue weighted by molar-refractivity contribution is 6.02. The Labute approximate surface area is 114 Å². The van der Waals surface area contributed by atoms with Gasteiger partial charge in [0, 0.05) is 11.8 Å². The predicted octanol–water partition coefficient (Wildman–Crippen LogP) is 1.35. The van der Waals surface area contributed by atoms with E-state index in [1.807, 2.05) is 12.1 Å². The van der Waals surface area contributed by atoms with E-state index in [4.69, 9.17) is 4.74 Å². The maximum absolute atomic E-state index is 12.0. The fourth-order valence-corrected chi connectivity index (χ4v) is 2.10. The SMILES string of the molecule is O=C(Nc1ccc2c(c1)CCCO2)c1ccc(=O)[nH]n1. The lowest BCUT2D eigenvalue weighted by Crippen LogP contribution is -2.18. The number of hydrogen-bond donors (Lipinski definition) is 2. The van der Waals surface area contributed by atoms with Gasteiger partial charge in [0.15, 0.2) is 0 Å². The van der Waals surface area contributed by atoms with Crippen LogP contribution in [-0.2, 0) is 6.42 Å². The molecular weight excluding hydrogens is 258 g/mol. The van der Waals surface area contributed by atoms with Gasteiger partial charge in [0.05, 0.1) is 6.61 Å². The summed E-state index contributed by atoms with van der Waals surface area (Å²) in [6, 6.07) is 8.19. The molecule has 2 N–H and O–H groups in total. The van der Waals surface area contributed by atoms with Crippen LogP contribution in [0.4, 0.5) is 5.69 Å². The van der Waals surface area contributed by atoms with E-state index < -0.39 is 0 Å². The number of nitrogens with one attached hydrogen (secondary N) is 2. The van der Waals surface area contributed by atoms with Gasteiger partial charge in [-0.15, -0.1) is 0 Å². The molecule has 1 aliphatic rings. The van der Waals surface area contributed by atoms with Gasteiger partial charge in [-0.25, -0.2) is 5.10 Å². The summed E-state index contributed by atoms with van der Waals surface area (Å²) in [7, 11) is 0. The third-order valence-corrected chi connectivity index (χ3v) is 3.08. The van der Waals surface area contributed by atoms with Crippen LogP contribution < -0.4 is 15.6 Å². The van der Waals surface area contributed by atoms with Gasteiger partial charge in [-0.05, 0) is 42.7 Å². The molecule has 2 heterocycles. The average molecular weight is 271 g/mol. The van der Waals surface area contributed by atoms with Crippen LogP contribution in [0.15, 0.2) is 35.1 Å². The van der Waals surface area contributed by atoms with Gasteiger partial charge in [0.25, 0.3) is 11.5 Å². The Morgan fingerprint density at radius 1 is 1.30 bits per heavy atom. The van der Waals surface area contributed by atoms with Gasteiger partial charge in [0.2, 0.25) is 0 Å². The molecule has 0 unspecified atom stereocenters. The lowest BCUT2D eigenvalue weighted by molar-refractivity contribution is 0.102. The van der Waals surface area contributed by atoms with E-state index in [0.29, 0.717) is 5.69 Å². The molecule has 1 aliphatic heterocycles. The molecule has 2 aromatic rings. The maximum atomic E-state index is 12.0. The molecule has 102 valence electrons. The lowest BCUT2D eigenvalue weighted by atomic mass is 10.1. The molecule has 0 saturated carbocycles. The van der Waals surface area contributed by atoms with Crippen LogP contribution >= 0.6 is 0 Å². The van der Waals surface area contributed by atoms with Gasteiger partial charge in [-0.1, -0.05) is 0 Å². The molecule has 0 saturated heterocycles. The fourth-order valence-electron chi connectivity index (χ4n) is 2.10. The average Bonchev–Trinajstić information content (AvgIpc) is 2.48. The van der Waals surface area contributed by atoms with Crippen molar-refractivity contribution in [3.8, 4) is 5.75 Å². The summed E-state index contributed by atoms with van der Waals surface area (Å²) in [5, 5.41) is 8.67. The highest BCUT2D eigenvalue weighted by Gasteiger charge is 2.13. The number of hydrogen-bond acceptors (Lipinski definition) is 4. The molecule has 1 aromatic carbocycles. The first-order valence-corrected chi connectivity index (χ1v) is 6.35. The van der Waals surface area contributed by atoms with Crippen molar-refractivity contribution in [1.29, 1.82) is 0 Å². The first-order chi connectivity index (χ1) is 9.72. The minimum atomic E-state index is -0.363. The third-order valence-electron chi connectivity index (χ3n) is 3.08. The number of nitrogens with zero attached hydrogens (tertiary/aromatic N) is 1. The van der Waals surface area contributed by atoms with Crippen molar-refractivity contribution in [2.24, 2.45) is 0 Å². The molecule has 0 atom stereocenters. The fraction of sp³-hybridized carbons (Fsp3) is 0.214. The summed E-state index contributed by atoms with van der Waals surface area (Å²) in [6.07, 6.45) is 1.92. The highest BCUT2D eigenvalue weighted by atomic mass is 16.5.